The fourth-order valence-electron chi connectivity index (χ4n) is 3.05. The number of aryl methyl sites for hydroxylation is 1. The Kier molecular flexibility index (Phi) is 5.04. The van der Waals surface area contributed by atoms with E-state index < -0.39 is 0 Å². The molecule has 2 aromatic carbocycles. The summed E-state index contributed by atoms with van der Waals surface area (Å²) in [6, 6.07) is 21.1. The molecule has 0 fully saturated rings. The second kappa shape index (κ2) is 7.78. The van der Waals surface area contributed by atoms with Crippen molar-refractivity contribution < 1.29 is 9.18 Å². The molecule has 0 aliphatic heterocycles. The normalized spacial score (nSPS) is 11.9. The number of rotatable bonds is 5. The molecule has 28 heavy (non-hydrogen) atoms. The number of benzene rings is 2. The molecule has 0 radical (unpaired) electrons. The average Bonchev–Trinajstić information content (AvgIpc) is 3.37. The highest BCUT2D eigenvalue weighted by Gasteiger charge is 2.21. The van der Waals surface area contributed by atoms with Crippen molar-refractivity contribution in [3.8, 4) is 5.69 Å². The number of carbonyl (C=O) groups excluding carboxylic acids is 1. The number of carbonyl (C=O) groups is 1. The first kappa shape index (κ1) is 18.1. The van der Waals surface area contributed by atoms with E-state index in [1.807, 2.05) is 54.8 Å². The van der Waals surface area contributed by atoms with Crippen LogP contribution in [0, 0.1) is 12.7 Å². The Balaban J connectivity index is 1.63. The Labute approximate surface area is 166 Å². The van der Waals surface area contributed by atoms with Gasteiger partial charge in [0.25, 0.3) is 5.91 Å². The van der Waals surface area contributed by atoms with Gasteiger partial charge in [-0.2, -0.15) is 5.10 Å². The predicted octanol–water partition coefficient (Wildman–Crippen LogP) is 4.90. The molecule has 1 atom stereocenters. The lowest BCUT2D eigenvalue weighted by molar-refractivity contribution is 0.0938. The molecular weight excluding hydrogens is 373 g/mol. The van der Waals surface area contributed by atoms with Crippen LogP contribution in [-0.2, 0) is 0 Å². The van der Waals surface area contributed by atoms with Crippen molar-refractivity contribution in [2.75, 3.05) is 0 Å². The van der Waals surface area contributed by atoms with E-state index in [1.54, 1.807) is 22.9 Å². The molecule has 4 aromatic rings. The fraction of sp³-hybridized carbons (Fsp3) is 0.0909. The van der Waals surface area contributed by atoms with Crippen LogP contribution in [0.5, 0.6) is 0 Å². The number of hydrogen-bond donors (Lipinski definition) is 1. The van der Waals surface area contributed by atoms with Crippen LogP contribution in [-0.4, -0.2) is 15.7 Å². The zero-order valence-electron chi connectivity index (χ0n) is 15.2. The van der Waals surface area contributed by atoms with Crippen LogP contribution in [0.3, 0.4) is 0 Å². The number of amides is 1. The van der Waals surface area contributed by atoms with Crippen LogP contribution < -0.4 is 5.32 Å². The zero-order valence-corrected chi connectivity index (χ0v) is 16.0. The number of thiophene rings is 1. The van der Waals surface area contributed by atoms with Crippen LogP contribution in [0.2, 0.25) is 0 Å². The second-order valence-corrected chi connectivity index (χ2v) is 7.37. The summed E-state index contributed by atoms with van der Waals surface area (Å²) < 4.78 is 15.1. The number of aromatic nitrogens is 2. The average molecular weight is 391 g/mol. The van der Waals surface area contributed by atoms with Gasteiger partial charge in [0.05, 0.1) is 11.7 Å². The van der Waals surface area contributed by atoms with Crippen molar-refractivity contribution in [1.29, 1.82) is 0 Å². The molecule has 4 rings (SSSR count). The quantitative estimate of drug-likeness (QED) is 0.526. The van der Waals surface area contributed by atoms with Gasteiger partial charge in [0.1, 0.15) is 5.82 Å². The highest BCUT2D eigenvalue weighted by Crippen LogP contribution is 2.26. The third-order valence-corrected chi connectivity index (χ3v) is 5.36. The van der Waals surface area contributed by atoms with Crippen molar-refractivity contribution >= 4 is 17.2 Å². The fourth-order valence-corrected chi connectivity index (χ4v) is 3.85. The van der Waals surface area contributed by atoms with Crippen molar-refractivity contribution in [3.63, 3.8) is 0 Å². The van der Waals surface area contributed by atoms with Gasteiger partial charge in [-0.05, 0) is 54.3 Å². The van der Waals surface area contributed by atoms with Crippen molar-refractivity contribution in [2.24, 2.45) is 0 Å². The van der Waals surface area contributed by atoms with Crippen LogP contribution in [0.15, 0.2) is 78.2 Å². The van der Waals surface area contributed by atoms with Gasteiger partial charge in [0, 0.05) is 10.6 Å². The monoisotopic (exact) mass is 391 g/mol. The maximum Gasteiger partial charge on any atom is 0.272 e. The molecule has 0 aliphatic carbocycles. The van der Waals surface area contributed by atoms with Gasteiger partial charge < -0.3 is 5.32 Å². The molecule has 4 nitrogen and oxygen atoms in total. The first-order valence-corrected chi connectivity index (χ1v) is 9.71. The molecule has 0 aliphatic rings. The van der Waals surface area contributed by atoms with Gasteiger partial charge >= 0.3 is 0 Å². The van der Waals surface area contributed by atoms with Gasteiger partial charge in [0.2, 0.25) is 0 Å². The van der Waals surface area contributed by atoms with Crippen LogP contribution >= 0.6 is 11.3 Å². The summed E-state index contributed by atoms with van der Waals surface area (Å²) in [7, 11) is 0. The molecule has 140 valence electrons. The number of halogens is 1. The lowest BCUT2D eigenvalue weighted by atomic mass is 10.1. The Morgan fingerprint density at radius 2 is 1.82 bits per heavy atom. The summed E-state index contributed by atoms with van der Waals surface area (Å²) in [5.41, 5.74) is 2.92. The van der Waals surface area contributed by atoms with E-state index in [0.717, 1.165) is 21.8 Å². The molecule has 2 aromatic heterocycles. The molecule has 0 saturated heterocycles. The van der Waals surface area contributed by atoms with Gasteiger partial charge in [-0.1, -0.05) is 36.4 Å². The van der Waals surface area contributed by atoms with E-state index in [2.05, 4.69) is 10.4 Å². The summed E-state index contributed by atoms with van der Waals surface area (Å²) in [5.74, 6) is -0.585. The first-order chi connectivity index (χ1) is 13.6. The zero-order chi connectivity index (χ0) is 19.5. The van der Waals surface area contributed by atoms with Crippen molar-refractivity contribution in [2.45, 2.75) is 13.0 Å². The molecule has 1 N–H and O–H groups in total. The Bertz CT molecular complexity index is 1070. The van der Waals surface area contributed by atoms with Gasteiger partial charge in [-0.3, -0.25) is 4.79 Å². The third-order valence-electron chi connectivity index (χ3n) is 4.43. The highest BCUT2D eigenvalue weighted by molar-refractivity contribution is 7.10. The van der Waals surface area contributed by atoms with Crippen LogP contribution in [0.25, 0.3) is 5.69 Å². The molecule has 1 amide bonds. The van der Waals surface area contributed by atoms with Gasteiger partial charge in [-0.15, -0.1) is 11.3 Å². The predicted molar refractivity (Wildman–Crippen MR) is 108 cm³/mol. The standard InChI is InChI=1S/C22H18FN3OS/c1-15-14-19(25-26(15)18-6-3-2-4-7-18)22(27)24-21(20-8-5-13-28-20)16-9-11-17(23)12-10-16/h2-14,21H,1H3,(H,24,27). The number of nitrogens with zero attached hydrogens (tertiary/aromatic N) is 2. The molecule has 0 spiro atoms. The molecule has 0 bridgehead atoms. The van der Waals surface area contributed by atoms with E-state index in [0.29, 0.717) is 5.69 Å². The largest absolute Gasteiger partial charge is 0.339 e. The molecule has 1 unspecified atom stereocenters. The summed E-state index contributed by atoms with van der Waals surface area (Å²) in [4.78, 5) is 13.9. The van der Waals surface area contributed by atoms with E-state index in [9.17, 15) is 9.18 Å². The minimum absolute atomic E-state index is 0.277. The summed E-state index contributed by atoms with van der Waals surface area (Å²) >= 11 is 1.54. The van der Waals surface area contributed by atoms with E-state index in [4.69, 9.17) is 0 Å². The number of para-hydroxylation sites is 1. The maximum atomic E-state index is 13.3. The summed E-state index contributed by atoms with van der Waals surface area (Å²) in [5, 5.41) is 9.46. The minimum Gasteiger partial charge on any atom is -0.339 e. The third kappa shape index (κ3) is 3.73. The van der Waals surface area contributed by atoms with E-state index in [1.165, 1.54) is 23.5 Å². The minimum atomic E-state index is -0.365. The Morgan fingerprint density at radius 1 is 1.07 bits per heavy atom. The molecular formula is C22H18FN3OS. The Hall–Kier alpha value is -3.25. The second-order valence-electron chi connectivity index (χ2n) is 6.39. The van der Waals surface area contributed by atoms with Gasteiger partial charge in [-0.25, -0.2) is 9.07 Å². The number of hydrogen-bond acceptors (Lipinski definition) is 3. The lowest BCUT2D eigenvalue weighted by Crippen LogP contribution is -2.29. The maximum absolute atomic E-state index is 13.3. The molecule has 2 heterocycles. The Morgan fingerprint density at radius 3 is 2.50 bits per heavy atom. The van der Waals surface area contributed by atoms with Crippen molar-refractivity contribution in [3.05, 3.63) is 106 Å². The van der Waals surface area contributed by atoms with E-state index >= 15 is 0 Å². The first-order valence-electron chi connectivity index (χ1n) is 8.83. The van der Waals surface area contributed by atoms with Crippen LogP contribution in [0.1, 0.15) is 32.7 Å². The highest BCUT2D eigenvalue weighted by atomic mass is 32.1. The number of nitrogens with one attached hydrogen (secondary N) is 1. The van der Waals surface area contributed by atoms with Crippen LogP contribution in [0.4, 0.5) is 4.39 Å². The van der Waals surface area contributed by atoms with E-state index in [-0.39, 0.29) is 17.8 Å². The smallest absolute Gasteiger partial charge is 0.272 e. The summed E-state index contributed by atoms with van der Waals surface area (Å²) in [6.07, 6.45) is 0. The van der Waals surface area contributed by atoms with Crippen molar-refractivity contribution in [1.82, 2.24) is 15.1 Å². The van der Waals surface area contributed by atoms with Gasteiger partial charge in [0.15, 0.2) is 5.69 Å². The lowest BCUT2D eigenvalue weighted by Gasteiger charge is -2.17. The molecule has 6 heteroatoms. The topological polar surface area (TPSA) is 46.9 Å². The summed E-state index contributed by atoms with van der Waals surface area (Å²) in [6.45, 7) is 1.91. The molecule has 0 saturated carbocycles. The SMILES string of the molecule is Cc1cc(C(=O)NC(c2ccc(F)cc2)c2cccs2)nn1-c1ccccc1.